The molecule has 1 aromatic heterocycles. The first-order valence-electron chi connectivity index (χ1n) is 7.54. The molecule has 0 aliphatic heterocycles. The third-order valence-electron chi connectivity index (χ3n) is 3.41. The lowest BCUT2D eigenvalue weighted by Crippen LogP contribution is -2.16. The zero-order valence-corrected chi connectivity index (χ0v) is 14.7. The Hall–Kier alpha value is -3.42. The summed E-state index contributed by atoms with van der Waals surface area (Å²) in [5.41, 5.74) is 5.21. The highest BCUT2D eigenvalue weighted by Crippen LogP contribution is 2.41. The van der Waals surface area contributed by atoms with Crippen LogP contribution in [0.2, 0.25) is 5.02 Å². The topological polar surface area (TPSA) is 125 Å². The molecule has 0 atom stereocenters. The highest BCUT2D eigenvalue weighted by molar-refractivity contribution is 6.32. The van der Waals surface area contributed by atoms with Crippen LogP contribution in [0.1, 0.15) is 18.1 Å². The van der Waals surface area contributed by atoms with Gasteiger partial charge in [-0.05, 0) is 24.6 Å². The van der Waals surface area contributed by atoms with Gasteiger partial charge in [0.25, 0.3) is 5.56 Å². The number of nitrogens with zero attached hydrogens (tertiary/aromatic N) is 2. The number of benzene rings is 1. The minimum atomic E-state index is -0.694. The summed E-state index contributed by atoms with van der Waals surface area (Å²) in [6, 6.07) is 6.74. The minimum absolute atomic E-state index is 0.0283. The van der Waals surface area contributed by atoms with Gasteiger partial charge in [-0.25, -0.2) is 0 Å². The molecule has 0 unspecified atom stereocenters. The molecule has 0 saturated carbocycles. The second-order valence-electron chi connectivity index (χ2n) is 5.03. The van der Waals surface area contributed by atoms with E-state index in [9.17, 15) is 15.3 Å². The predicted octanol–water partition coefficient (Wildman–Crippen LogP) is 2.98. The van der Waals surface area contributed by atoms with Gasteiger partial charge in [-0.3, -0.25) is 4.79 Å². The van der Waals surface area contributed by atoms with Gasteiger partial charge in [-0.1, -0.05) is 24.3 Å². The molecular weight excluding hydrogens is 356 g/mol. The average Bonchev–Trinajstić information content (AvgIpc) is 2.60. The van der Waals surface area contributed by atoms with E-state index in [1.807, 2.05) is 6.07 Å². The molecule has 0 aliphatic rings. The molecule has 0 amide bonds. The van der Waals surface area contributed by atoms with Gasteiger partial charge in [0.2, 0.25) is 0 Å². The molecule has 2 rings (SSSR count). The van der Waals surface area contributed by atoms with Crippen molar-refractivity contribution in [3.63, 3.8) is 0 Å². The van der Waals surface area contributed by atoms with E-state index in [1.54, 1.807) is 25.1 Å². The number of hydrogen-bond donors (Lipinski definition) is 2. The molecule has 0 aliphatic carbocycles. The minimum Gasteiger partial charge on any atom is -0.490 e. The first-order valence-corrected chi connectivity index (χ1v) is 7.92. The van der Waals surface area contributed by atoms with Crippen LogP contribution in [0, 0.1) is 22.7 Å². The number of nitrogen functional groups attached to an aromatic ring is 1. The maximum atomic E-state index is 12.1. The number of nitriles is 2. The maximum absolute atomic E-state index is 12.1. The highest BCUT2D eigenvalue weighted by atomic mass is 35.5. The normalized spacial score (nSPS) is 9.85. The van der Waals surface area contributed by atoms with Gasteiger partial charge in [-0.15, -0.1) is 0 Å². The number of ether oxygens (including phenoxy) is 2. The van der Waals surface area contributed by atoms with Crippen LogP contribution in [0.3, 0.4) is 0 Å². The van der Waals surface area contributed by atoms with E-state index in [0.717, 1.165) is 0 Å². The van der Waals surface area contributed by atoms with Crippen molar-refractivity contribution in [3.05, 3.63) is 51.3 Å². The fraction of sp³-hybridized carbons (Fsp3) is 0.167. The average molecular weight is 371 g/mol. The first kappa shape index (κ1) is 18.9. The van der Waals surface area contributed by atoms with Crippen LogP contribution in [0.25, 0.3) is 11.1 Å². The maximum Gasteiger partial charge on any atom is 0.268 e. The van der Waals surface area contributed by atoms with E-state index >= 15 is 0 Å². The Labute approximate surface area is 154 Å². The summed E-state index contributed by atoms with van der Waals surface area (Å²) in [5, 5.41) is 19.0. The lowest BCUT2D eigenvalue weighted by Gasteiger charge is -2.16. The number of nitrogens with one attached hydrogen (secondary N) is 1. The van der Waals surface area contributed by atoms with E-state index in [4.69, 9.17) is 26.8 Å². The Bertz CT molecular complexity index is 999. The molecule has 1 heterocycles. The summed E-state index contributed by atoms with van der Waals surface area (Å²) >= 11 is 6.30. The molecule has 0 saturated heterocycles. The summed E-state index contributed by atoms with van der Waals surface area (Å²) in [5.74, 6) is 0.475. The zero-order chi connectivity index (χ0) is 19.3. The Morgan fingerprint density at radius 3 is 2.58 bits per heavy atom. The van der Waals surface area contributed by atoms with Gasteiger partial charge in [0, 0.05) is 5.56 Å². The van der Waals surface area contributed by atoms with Crippen molar-refractivity contribution in [2.45, 2.75) is 6.92 Å². The molecule has 0 fully saturated rings. The number of aromatic nitrogens is 1. The monoisotopic (exact) mass is 370 g/mol. The lowest BCUT2D eigenvalue weighted by molar-refractivity contribution is 0.297. The molecule has 8 heteroatoms. The fourth-order valence-electron chi connectivity index (χ4n) is 2.39. The molecule has 0 radical (unpaired) electrons. The van der Waals surface area contributed by atoms with E-state index in [-0.39, 0.29) is 34.1 Å². The van der Waals surface area contributed by atoms with Crippen molar-refractivity contribution < 1.29 is 9.47 Å². The second kappa shape index (κ2) is 8.11. The van der Waals surface area contributed by atoms with E-state index in [1.165, 1.54) is 6.07 Å². The van der Waals surface area contributed by atoms with Crippen molar-refractivity contribution in [2.75, 3.05) is 18.9 Å². The smallest absolute Gasteiger partial charge is 0.268 e. The Balaban J connectivity index is 2.82. The lowest BCUT2D eigenvalue weighted by atomic mass is 9.96. The predicted molar refractivity (Wildman–Crippen MR) is 98.2 cm³/mol. The standard InChI is InChI=1S/C18H15ClN4O3/c1-3-5-26-16-13(19)6-10(7-14(16)25-4-2)15-11(8-20)17(22)23-18(24)12(15)9-21/h3,6-7H,1,4-5H2,2H3,(H3,22,23,24). The van der Waals surface area contributed by atoms with Crippen LogP contribution < -0.4 is 20.8 Å². The third-order valence-corrected chi connectivity index (χ3v) is 3.69. The summed E-state index contributed by atoms with van der Waals surface area (Å²) in [6.45, 7) is 5.90. The van der Waals surface area contributed by atoms with Crippen LogP contribution in [0.4, 0.5) is 5.82 Å². The molecule has 1 aromatic carbocycles. The van der Waals surface area contributed by atoms with Crippen molar-refractivity contribution >= 4 is 17.4 Å². The third kappa shape index (κ3) is 3.49. The van der Waals surface area contributed by atoms with Crippen molar-refractivity contribution in [1.82, 2.24) is 4.98 Å². The molecule has 0 spiro atoms. The number of halogens is 1. The van der Waals surface area contributed by atoms with E-state index in [2.05, 4.69) is 11.6 Å². The number of rotatable bonds is 6. The molecular formula is C18H15ClN4O3. The van der Waals surface area contributed by atoms with Gasteiger partial charge in [0.1, 0.15) is 35.7 Å². The summed E-state index contributed by atoms with van der Waals surface area (Å²) in [4.78, 5) is 14.4. The number of hydrogen-bond acceptors (Lipinski definition) is 6. The molecule has 26 heavy (non-hydrogen) atoms. The molecule has 7 nitrogen and oxygen atoms in total. The Morgan fingerprint density at radius 1 is 1.31 bits per heavy atom. The van der Waals surface area contributed by atoms with Gasteiger partial charge < -0.3 is 20.2 Å². The highest BCUT2D eigenvalue weighted by Gasteiger charge is 2.21. The summed E-state index contributed by atoms with van der Waals surface area (Å²) < 4.78 is 11.1. The molecule has 2 aromatic rings. The van der Waals surface area contributed by atoms with Crippen LogP contribution in [-0.4, -0.2) is 18.2 Å². The van der Waals surface area contributed by atoms with Crippen molar-refractivity contribution in [1.29, 1.82) is 10.5 Å². The number of pyridine rings is 1. The van der Waals surface area contributed by atoms with Crippen LogP contribution in [0.5, 0.6) is 11.5 Å². The van der Waals surface area contributed by atoms with Gasteiger partial charge in [0.15, 0.2) is 11.5 Å². The SMILES string of the molecule is C=CCOc1c(Cl)cc(-c2c(C#N)c(N)[nH]c(=O)c2C#N)cc1OCC. The van der Waals surface area contributed by atoms with Crippen molar-refractivity contribution in [2.24, 2.45) is 0 Å². The van der Waals surface area contributed by atoms with Gasteiger partial charge in [-0.2, -0.15) is 10.5 Å². The van der Waals surface area contributed by atoms with Gasteiger partial charge in [0.05, 0.1) is 11.6 Å². The summed E-state index contributed by atoms with van der Waals surface area (Å²) in [7, 11) is 0. The summed E-state index contributed by atoms with van der Waals surface area (Å²) in [6.07, 6.45) is 1.55. The number of nitrogens with two attached hydrogens (primary N) is 1. The molecule has 3 N–H and O–H groups in total. The van der Waals surface area contributed by atoms with Gasteiger partial charge >= 0.3 is 0 Å². The zero-order valence-electron chi connectivity index (χ0n) is 13.9. The quantitative estimate of drug-likeness (QED) is 0.753. The fourth-order valence-corrected chi connectivity index (χ4v) is 2.65. The number of H-pyrrole nitrogens is 1. The number of aromatic amines is 1. The van der Waals surface area contributed by atoms with Crippen molar-refractivity contribution in [3.8, 4) is 34.8 Å². The first-order chi connectivity index (χ1) is 12.5. The van der Waals surface area contributed by atoms with Crippen LogP contribution in [0.15, 0.2) is 29.6 Å². The van der Waals surface area contributed by atoms with Crippen LogP contribution in [-0.2, 0) is 0 Å². The molecule has 132 valence electrons. The Morgan fingerprint density at radius 2 is 2.00 bits per heavy atom. The second-order valence-corrected chi connectivity index (χ2v) is 5.44. The van der Waals surface area contributed by atoms with E-state index < -0.39 is 5.56 Å². The van der Waals surface area contributed by atoms with E-state index in [0.29, 0.717) is 23.7 Å². The largest absolute Gasteiger partial charge is 0.490 e. The number of anilines is 1. The van der Waals surface area contributed by atoms with Crippen LogP contribution >= 0.6 is 11.6 Å². The Kier molecular flexibility index (Phi) is 5.90. The molecule has 0 bridgehead atoms.